The summed E-state index contributed by atoms with van der Waals surface area (Å²) < 4.78 is 0. The lowest BCUT2D eigenvalue weighted by atomic mass is 10.1. The summed E-state index contributed by atoms with van der Waals surface area (Å²) in [7, 11) is 0. The molecular formula is C18H16N4O. The molecule has 5 heteroatoms. The van der Waals surface area contributed by atoms with E-state index in [1.54, 1.807) is 12.4 Å². The number of fused-ring (bicyclic) bond motifs is 2. The number of aliphatic imine (C=N–C) groups is 1. The zero-order valence-corrected chi connectivity index (χ0v) is 12.6. The molecule has 1 fully saturated rings. The molecular weight excluding hydrogens is 288 g/mol. The monoisotopic (exact) mass is 304 g/mol. The van der Waals surface area contributed by atoms with Crippen molar-refractivity contribution in [3.8, 4) is 11.8 Å². The molecule has 0 radical (unpaired) electrons. The van der Waals surface area contributed by atoms with Crippen molar-refractivity contribution in [2.45, 2.75) is 25.4 Å². The van der Waals surface area contributed by atoms with Crippen LogP contribution in [0.5, 0.6) is 0 Å². The molecule has 1 unspecified atom stereocenters. The first kappa shape index (κ1) is 13.9. The van der Waals surface area contributed by atoms with E-state index in [0.717, 1.165) is 41.3 Å². The standard InChI is InChI=1S/C18H16N4O/c23-12-15-6-7-18-21-16-9-13(10-20-17(16)11-22(15)18)4-5-14-3-1-2-8-19-14/h1-3,8-10,15,23H,6-7,11-12H2. The Bertz CT molecular complexity index is 820. The predicted molar refractivity (Wildman–Crippen MR) is 87.2 cm³/mol. The van der Waals surface area contributed by atoms with Gasteiger partial charge in [-0.1, -0.05) is 12.0 Å². The second-order valence-corrected chi connectivity index (χ2v) is 5.69. The van der Waals surface area contributed by atoms with Gasteiger partial charge in [0.05, 0.1) is 30.6 Å². The molecule has 23 heavy (non-hydrogen) atoms. The summed E-state index contributed by atoms with van der Waals surface area (Å²) in [6.45, 7) is 0.884. The van der Waals surface area contributed by atoms with Gasteiger partial charge in [0.15, 0.2) is 0 Å². The third-order valence-corrected chi connectivity index (χ3v) is 4.20. The number of aliphatic hydroxyl groups excluding tert-OH is 1. The maximum atomic E-state index is 9.43. The van der Waals surface area contributed by atoms with Crippen LogP contribution in [0.4, 0.5) is 5.69 Å². The summed E-state index contributed by atoms with van der Waals surface area (Å²) in [5, 5.41) is 9.43. The van der Waals surface area contributed by atoms with Gasteiger partial charge >= 0.3 is 0 Å². The van der Waals surface area contributed by atoms with Crippen molar-refractivity contribution in [2.24, 2.45) is 4.99 Å². The lowest BCUT2D eigenvalue weighted by molar-refractivity contribution is 0.186. The quantitative estimate of drug-likeness (QED) is 0.817. The summed E-state index contributed by atoms with van der Waals surface area (Å²) >= 11 is 0. The lowest BCUT2D eigenvalue weighted by Gasteiger charge is -2.28. The van der Waals surface area contributed by atoms with Gasteiger partial charge in [0, 0.05) is 24.4 Å². The molecule has 4 heterocycles. The van der Waals surface area contributed by atoms with E-state index < -0.39 is 0 Å². The van der Waals surface area contributed by atoms with E-state index in [-0.39, 0.29) is 12.6 Å². The van der Waals surface area contributed by atoms with E-state index in [4.69, 9.17) is 4.99 Å². The van der Waals surface area contributed by atoms with E-state index in [2.05, 4.69) is 26.7 Å². The molecule has 5 nitrogen and oxygen atoms in total. The van der Waals surface area contributed by atoms with E-state index in [0.29, 0.717) is 6.54 Å². The molecule has 2 aromatic rings. The van der Waals surface area contributed by atoms with Crippen molar-refractivity contribution in [1.29, 1.82) is 0 Å². The average Bonchev–Trinajstić information content (AvgIpc) is 3.00. The van der Waals surface area contributed by atoms with Crippen LogP contribution in [0.25, 0.3) is 0 Å². The number of aromatic nitrogens is 2. The molecule has 0 bridgehead atoms. The molecule has 0 aromatic carbocycles. The third-order valence-electron chi connectivity index (χ3n) is 4.20. The first-order valence-electron chi connectivity index (χ1n) is 7.70. The molecule has 2 aromatic heterocycles. The number of nitrogens with zero attached hydrogens (tertiary/aromatic N) is 4. The number of pyridine rings is 2. The van der Waals surface area contributed by atoms with Gasteiger partial charge in [-0.05, 0) is 30.5 Å². The van der Waals surface area contributed by atoms with Crippen LogP contribution in [0.1, 0.15) is 29.8 Å². The van der Waals surface area contributed by atoms with Crippen LogP contribution in [0.2, 0.25) is 0 Å². The first-order chi connectivity index (χ1) is 11.3. The minimum atomic E-state index is 0.169. The fourth-order valence-electron chi connectivity index (χ4n) is 2.98. The van der Waals surface area contributed by atoms with Gasteiger partial charge in [-0.15, -0.1) is 0 Å². The van der Waals surface area contributed by atoms with Gasteiger partial charge in [0.1, 0.15) is 11.5 Å². The molecule has 1 atom stereocenters. The van der Waals surface area contributed by atoms with Crippen molar-refractivity contribution in [3.05, 3.63) is 53.6 Å². The highest BCUT2D eigenvalue weighted by Gasteiger charge is 2.32. The largest absolute Gasteiger partial charge is 0.394 e. The summed E-state index contributed by atoms with van der Waals surface area (Å²) in [6.07, 6.45) is 5.37. The number of hydrogen-bond acceptors (Lipinski definition) is 5. The van der Waals surface area contributed by atoms with Gasteiger partial charge in [0.2, 0.25) is 0 Å². The van der Waals surface area contributed by atoms with Crippen LogP contribution in [-0.2, 0) is 6.54 Å². The Balaban J connectivity index is 1.62. The molecule has 2 aliphatic rings. The molecule has 0 spiro atoms. The van der Waals surface area contributed by atoms with Crippen LogP contribution in [0.15, 0.2) is 41.7 Å². The van der Waals surface area contributed by atoms with Crippen molar-refractivity contribution >= 4 is 11.5 Å². The smallest absolute Gasteiger partial charge is 0.113 e. The number of rotatable bonds is 1. The van der Waals surface area contributed by atoms with E-state index in [9.17, 15) is 5.11 Å². The average molecular weight is 304 g/mol. The summed E-state index contributed by atoms with van der Waals surface area (Å²) in [5.74, 6) is 7.18. The normalized spacial score (nSPS) is 18.6. The Morgan fingerprint density at radius 3 is 3.04 bits per heavy atom. The Labute approximate surface area is 134 Å². The second kappa shape index (κ2) is 5.82. The molecule has 1 saturated heterocycles. The Morgan fingerprint density at radius 1 is 1.26 bits per heavy atom. The van der Waals surface area contributed by atoms with Crippen molar-refractivity contribution in [2.75, 3.05) is 6.61 Å². The summed E-state index contributed by atoms with van der Waals surface area (Å²) in [4.78, 5) is 15.6. The molecule has 0 saturated carbocycles. The minimum Gasteiger partial charge on any atom is -0.394 e. The lowest BCUT2D eigenvalue weighted by Crippen LogP contribution is -2.36. The Morgan fingerprint density at radius 2 is 2.22 bits per heavy atom. The highest BCUT2D eigenvalue weighted by atomic mass is 16.3. The van der Waals surface area contributed by atoms with Gasteiger partial charge in [-0.25, -0.2) is 9.98 Å². The zero-order chi connectivity index (χ0) is 15.6. The summed E-state index contributed by atoms with van der Waals surface area (Å²) in [5.41, 5.74) is 3.41. The Hall–Kier alpha value is -2.71. The molecule has 114 valence electrons. The van der Waals surface area contributed by atoms with Crippen LogP contribution in [0.3, 0.4) is 0 Å². The van der Waals surface area contributed by atoms with E-state index >= 15 is 0 Å². The van der Waals surface area contributed by atoms with Gasteiger partial charge in [-0.2, -0.15) is 0 Å². The second-order valence-electron chi connectivity index (χ2n) is 5.69. The highest BCUT2D eigenvalue weighted by Crippen LogP contribution is 2.32. The topological polar surface area (TPSA) is 61.6 Å². The maximum Gasteiger partial charge on any atom is 0.113 e. The van der Waals surface area contributed by atoms with Crippen molar-refractivity contribution in [1.82, 2.24) is 14.9 Å². The SMILES string of the molecule is OCC1CCC2=Nc3cc(C#Cc4ccccn4)cnc3CN21. The van der Waals surface area contributed by atoms with E-state index in [1.807, 2.05) is 24.3 Å². The molecule has 0 amide bonds. The highest BCUT2D eigenvalue weighted by molar-refractivity contribution is 5.88. The first-order valence-corrected chi connectivity index (χ1v) is 7.70. The van der Waals surface area contributed by atoms with Crippen molar-refractivity contribution < 1.29 is 5.11 Å². The molecule has 0 aliphatic carbocycles. The maximum absolute atomic E-state index is 9.43. The molecule has 2 aliphatic heterocycles. The van der Waals surface area contributed by atoms with E-state index in [1.165, 1.54) is 0 Å². The third kappa shape index (κ3) is 2.69. The molecule has 4 rings (SSSR count). The van der Waals surface area contributed by atoms with Gasteiger partial charge in [-0.3, -0.25) is 4.98 Å². The fourth-order valence-corrected chi connectivity index (χ4v) is 2.98. The predicted octanol–water partition coefficient (Wildman–Crippen LogP) is 1.88. The van der Waals surface area contributed by atoms with Gasteiger partial charge < -0.3 is 10.0 Å². The summed E-state index contributed by atoms with van der Waals surface area (Å²) in [6, 6.07) is 7.82. The fraction of sp³-hybridized carbons (Fsp3) is 0.278. The van der Waals surface area contributed by atoms with Crippen LogP contribution < -0.4 is 0 Å². The van der Waals surface area contributed by atoms with Crippen molar-refractivity contribution in [3.63, 3.8) is 0 Å². The minimum absolute atomic E-state index is 0.169. The number of hydrogen-bond donors (Lipinski definition) is 1. The molecule has 1 N–H and O–H groups in total. The van der Waals surface area contributed by atoms with Crippen LogP contribution in [-0.4, -0.2) is 38.5 Å². The number of amidine groups is 1. The van der Waals surface area contributed by atoms with Gasteiger partial charge in [0.25, 0.3) is 0 Å². The van der Waals surface area contributed by atoms with Crippen LogP contribution in [0, 0.1) is 11.8 Å². The van der Waals surface area contributed by atoms with Crippen LogP contribution >= 0.6 is 0 Å². The zero-order valence-electron chi connectivity index (χ0n) is 12.6. The Kier molecular flexibility index (Phi) is 3.52. The number of aliphatic hydroxyl groups is 1.